The number of fused-ring (bicyclic) bond motifs is 1. The molecule has 5 nitrogen and oxygen atoms in total. The number of carbonyl (C=O) groups is 1. The molecule has 0 saturated heterocycles. The van der Waals surface area contributed by atoms with Crippen LogP contribution in [-0.4, -0.2) is 24.5 Å². The van der Waals surface area contributed by atoms with E-state index in [2.05, 4.69) is 9.72 Å². The molecule has 0 fully saturated rings. The third kappa shape index (κ3) is 3.48. The molecule has 2 aromatic carbocycles. The van der Waals surface area contributed by atoms with E-state index >= 15 is 0 Å². The van der Waals surface area contributed by atoms with E-state index in [9.17, 15) is 18.8 Å². The van der Waals surface area contributed by atoms with Crippen LogP contribution in [0.5, 0.6) is 11.5 Å². The lowest BCUT2D eigenvalue weighted by atomic mass is 9.99. The fraction of sp³-hybridized carbons (Fsp3) is 0.167. The molecule has 0 radical (unpaired) electrons. The first kappa shape index (κ1) is 17.8. The highest BCUT2D eigenvalue weighted by Crippen LogP contribution is 2.33. The van der Waals surface area contributed by atoms with Crippen LogP contribution >= 0.6 is 11.3 Å². The van der Waals surface area contributed by atoms with Gasteiger partial charge in [-0.25, -0.2) is 4.98 Å². The van der Waals surface area contributed by atoms with Crippen LogP contribution in [0.1, 0.15) is 21.3 Å². The first-order valence-electron chi connectivity index (χ1n) is 7.45. The van der Waals surface area contributed by atoms with E-state index in [0.717, 1.165) is 4.70 Å². The molecule has 0 N–H and O–H groups in total. The number of hydrogen-bond donors (Lipinski definition) is 0. The van der Waals surface area contributed by atoms with Gasteiger partial charge in [-0.3, -0.25) is 4.79 Å². The Balaban J connectivity index is 1.94. The molecule has 1 unspecified atom stereocenters. The fourth-order valence-electron chi connectivity index (χ4n) is 2.42. The Hall–Kier alpha value is -3.05. The second kappa shape index (κ2) is 7.45. The zero-order valence-corrected chi connectivity index (χ0v) is 14.3. The van der Waals surface area contributed by atoms with E-state index in [1.165, 1.54) is 36.6 Å². The van der Waals surface area contributed by atoms with Gasteiger partial charge in [-0.1, -0.05) is 12.1 Å². The summed E-state index contributed by atoms with van der Waals surface area (Å²) in [6, 6.07) is 13.1. The lowest BCUT2D eigenvalue weighted by Gasteiger charge is -2.12. The summed E-state index contributed by atoms with van der Waals surface area (Å²) in [6.07, 6.45) is 0. The van der Waals surface area contributed by atoms with E-state index in [1.807, 2.05) is 24.3 Å². The number of para-hydroxylation sites is 1. The number of aromatic nitrogens is 1. The summed E-state index contributed by atoms with van der Waals surface area (Å²) in [5, 5.41) is 9.86. The highest BCUT2D eigenvalue weighted by atomic mass is 32.1. The molecule has 0 amide bonds. The average Bonchev–Trinajstić information content (AvgIpc) is 3.05. The van der Waals surface area contributed by atoms with Gasteiger partial charge in [0.1, 0.15) is 5.01 Å². The van der Waals surface area contributed by atoms with Gasteiger partial charge in [0.2, 0.25) is 0 Å². The first-order chi connectivity index (χ1) is 12.5. The molecule has 3 rings (SSSR count). The molecule has 1 aromatic heterocycles. The Morgan fingerprint density at radius 2 is 2.00 bits per heavy atom. The van der Waals surface area contributed by atoms with Gasteiger partial charge in [-0.15, -0.1) is 11.3 Å². The third-order valence-corrected chi connectivity index (χ3v) is 4.71. The number of alkyl halides is 2. The molecule has 0 bridgehead atoms. The zero-order chi connectivity index (χ0) is 18.7. The van der Waals surface area contributed by atoms with Gasteiger partial charge < -0.3 is 9.47 Å². The van der Waals surface area contributed by atoms with Crippen LogP contribution in [0.4, 0.5) is 8.78 Å². The molecule has 1 heterocycles. The summed E-state index contributed by atoms with van der Waals surface area (Å²) in [4.78, 5) is 17.1. The van der Waals surface area contributed by atoms with Crippen molar-refractivity contribution >= 4 is 27.3 Å². The van der Waals surface area contributed by atoms with Crippen molar-refractivity contribution in [2.75, 3.05) is 7.11 Å². The molecule has 0 aliphatic rings. The van der Waals surface area contributed by atoms with Crippen LogP contribution in [0.2, 0.25) is 0 Å². The number of ether oxygens (including phenoxy) is 2. The maximum Gasteiger partial charge on any atom is 0.387 e. The number of ketones is 1. The van der Waals surface area contributed by atoms with Crippen molar-refractivity contribution in [3.05, 3.63) is 53.0 Å². The minimum atomic E-state index is -3.01. The molecule has 8 heteroatoms. The maximum atomic E-state index is 12.8. The summed E-state index contributed by atoms with van der Waals surface area (Å²) < 4.78 is 35.0. The number of methoxy groups -OCH3 is 1. The van der Waals surface area contributed by atoms with Gasteiger partial charge in [-0.2, -0.15) is 14.0 Å². The lowest BCUT2D eigenvalue weighted by molar-refractivity contribution is -0.0512. The van der Waals surface area contributed by atoms with E-state index in [0.29, 0.717) is 10.5 Å². The summed E-state index contributed by atoms with van der Waals surface area (Å²) in [5.74, 6) is -1.79. The fourth-order valence-corrected chi connectivity index (χ4v) is 3.43. The second-order valence-electron chi connectivity index (χ2n) is 5.19. The molecule has 26 heavy (non-hydrogen) atoms. The van der Waals surface area contributed by atoms with Crippen LogP contribution in [0, 0.1) is 11.3 Å². The van der Waals surface area contributed by atoms with Crippen molar-refractivity contribution < 1.29 is 23.0 Å². The minimum Gasteiger partial charge on any atom is -0.493 e. The van der Waals surface area contributed by atoms with Crippen molar-refractivity contribution in [1.29, 1.82) is 5.26 Å². The highest BCUT2D eigenvalue weighted by molar-refractivity contribution is 7.18. The van der Waals surface area contributed by atoms with Gasteiger partial charge in [-0.05, 0) is 30.3 Å². The number of rotatable bonds is 6. The van der Waals surface area contributed by atoms with Gasteiger partial charge >= 0.3 is 6.61 Å². The number of thiazole rings is 1. The van der Waals surface area contributed by atoms with Gasteiger partial charge in [0, 0.05) is 5.56 Å². The maximum absolute atomic E-state index is 12.8. The third-order valence-electron chi connectivity index (χ3n) is 3.61. The number of carbonyl (C=O) groups excluding carboxylic acids is 1. The zero-order valence-electron chi connectivity index (χ0n) is 13.5. The molecule has 0 aliphatic heterocycles. The van der Waals surface area contributed by atoms with Crippen molar-refractivity contribution in [3.8, 4) is 17.6 Å². The molecule has 0 aliphatic carbocycles. The van der Waals surface area contributed by atoms with Crippen LogP contribution in [-0.2, 0) is 0 Å². The largest absolute Gasteiger partial charge is 0.493 e. The van der Waals surface area contributed by atoms with E-state index in [-0.39, 0.29) is 17.1 Å². The van der Waals surface area contributed by atoms with Crippen molar-refractivity contribution in [2.24, 2.45) is 0 Å². The number of halogens is 2. The number of nitriles is 1. The lowest BCUT2D eigenvalue weighted by Crippen LogP contribution is -2.12. The topological polar surface area (TPSA) is 72.2 Å². The Labute approximate surface area is 151 Å². The van der Waals surface area contributed by atoms with Gasteiger partial charge in [0.25, 0.3) is 0 Å². The summed E-state index contributed by atoms with van der Waals surface area (Å²) in [6.45, 7) is -3.01. The van der Waals surface area contributed by atoms with Crippen LogP contribution in [0.25, 0.3) is 10.2 Å². The Morgan fingerprint density at radius 1 is 1.23 bits per heavy atom. The highest BCUT2D eigenvalue weighted by Gasteiger charge is 2.26. The van der Waals surface area contributed by atoms with E-state index < -0.39 is 18.3 Å². The molecule has 1 atom stereocenters. The predicted molar refractivity (Wildman–Crippen MR) is 91.9 cm³/mol. The van der Waals surface area contributed by atoms with Crippen LogP contribution in [0.3, 0.4) is 0 Å². The monoisotopic (exact) mass is 374 g/mol. The van der Waals surface area contributed by atoms with Crippen molar-refractivity contribution in [1.82, 2.24) is 4.98 Å². The standard InChI is InChI=1S/C18H12F2N2O3S/c1-24-14-8-10(6-7-13(14)25-18(19)20)16(23)11(9-21)17-22-12-4-2-3-5-15(12)26-17/h2-8,11,18H,1H3. The number of nitrogens with zero attached hydrogens (tertiary/aromatic N) is 2. The molecule has 132 valence electrons. The second-order valence-corrected chi connectivity index (χ2v) is 6.25. The molecule has 0 spiro atoms. The number of Topliss-reactive ketones (excluding diaryl/α,β-unsaturated/α-hetero) is 1. The summed E-state index contributed by atoms with van der Waals surface area (Å²) >= 11 is 1.26. The van der Waals surface area contributed by atoms with Crippen molar-refractivity contribution in [2.45, 2.75) is 12.5 Å². The average molecular weight is 374 g/mol. The summed E-state index contributed by atoms with van der Waals surface area (Å²) in [7, 11) is 1.28. The smallest absolute Gasteiger partial charge is 0.387 e. The Bertz CT molecular complexity index is 965. The minimum absolute atomic E-state index is 0.0165. The quantitative estimate of drug-likeness (QED) is 0.598. The van der Waals surface area contributed by atoms with Gasteiger partial charge in [0.15, 0.2) is 23.2 Å². The van der Waals surface area contributed by atoms with Crippen LogP contribution < -0.4 is 9.47 Å². The van der Waals surface area contributed by atoms with E-state index in [1.54, 1.807) is 6.07 Å². The molecular formula is C18H12F2N2O3S. The van der Waals surface area contributed by atoms with Crippen molar-refractivity contribution in [3.63, 3.8) is 0 Å². The predicted octanol–water partition coefficient (Wildman–Crippen LogP) is 4.40. The summed E-state index contributed by atoms with van der Waals surface area (Å²) in [5.41, 5.74) is 0.855. The van der Waals surface area contributed by atoms with Gasteiger partial charge in [0.05, 0.1) is 23.4 Å². The number of hydrogen-bond acceptors (Lipinski definition) is 6. The Morgan fingerprint density at radius 3 is 2.65 bits per heavy atom. The molecular weight excluding hydrogens is 362 g/mol. The molecule has 3 aromatic rings. The molecule has 0 saturated carbocycles. The van der Waals surface area contributed by atoms with E-state index in [4.69, 9.17) is 4.74 Å². The SMILES string of the molecule is COc1cc(C(=O)C(C#N)c2nc3ccccc3s2)ccc1OC(F)F. The number of benzene rings is 2. The first-order valence-corrected chi connectivity index (χ1v) is 8.27. The normalized spacial score (nSPS) is 12.0. The Kier molecular flexibility index (Phi) is 5.09. The van der Waals surface area contributed by atoms with Crippen LogP contribution in [0.15, 0.2) is 42.5 Å².